The van der Waals surface area contributed by atoms with E-state index < -0.39 is 0 Å². The molecule has 0 N–H and O–H groups in total. The third kappa shape index (κ3) is 2.47. The highest BCUT2D eigenvalue weighted by molar-refractivity contribution is 9.10. The predicted molar refractivity (Wildman–Crippen MR) is 80.7 cm³/mol. The maximum atomic E-state index is 6.02. The van der Waals surface area contributed by atoms with Gasteiger partial charge in [0.15, 0.2) is 0 Å². The Kier molecular flexibility index (Phi) is 3.22. The van der Waals surface area contributed by atoms with Crippen molar-refractivity contribution >= 4 is 26.8 Å². The molecule has 2 nitrogen and oxygen atoms in total. The zero-order valence-electron chi connectivity index (χ0n) is 10.4. The molecule has 3 rings (SSSR count). The van der Waals surface area contributed by atoms with Gasteiger partial charge in [-0.2, -0.15) is 0 Å². The number of halogens is 1. The van der Waals surface area contributed by atoms with Crippen LogP contribution in [0.4, 0.5) is 0 Å². The summed E-state index contributed by atoms with van der Waals surface area (Å²) in [7, 11) is 0. The number of nitrogens with zero attached hydrogens (tertiary/aromatic N) is 1. The van der Waals surface area contributed by atoms with E-state index in [9.17, 15) is 0 Å². The number of benzene rings is 2. The molecule has 1 aromatic heterocycles. The number of pyridine rings is 1. The number of para-hydroxylation sites is 2. The summed E-state index contributed by atoms with van der Waals surface area (Å²) in [5.74, 6) is 1.63. The second-order valence-corrected chi connectivity index (χ2v) is 5.17. The molecule has 19 heavy (non-hydrogen) atoms. The SMILES string of the molecule is Cc1cc(Oc2ccccc2Br)c2ccccc2n1. The number of aryl methyl sites for hydroxylation is 1. The van der Waals surface area contributed by atoms with Crippen molar-refractivity contribution in [3.63, 3.8) is 0 Å². The van der Waals surface area contributed by atoms with E-state index in [1.807, 2.05) is 61.5 Å². The van der Waals surface area contributed by atoms with Crippen molar-refractivity contribution < 1.29 is 4.74 Å². The number of ether oxygens (including phenoxy) is 1. The molecule has 2 aromatic carbocycles. The lowest BCUT2D eigenvalue weighted by atomic mass is 10.2. The van der Waals surface area contributed by atoms with Crippen molar-refractivity contribution in [2.24, 2.45) is 0 Å². The van der Waals surface area contributed by atoms with Crippen LogP contribution in [0.3, 0.4) is 0 Å². The van der Waals surface area contributed by atoms with E-state index in [0.29, 0.717) is 0 Å². The molecule has 0 bridgehead atoms. The molecule has 0 unspecified atom stereocenters. The molecular weight excluding hydrogens is 302 g/mol. The van der Waals surface area contributed by atoms with Crippen molar-refractivity contribution in [1.29, 1.82) is 0 Å². The van der Waals surface area contributed by atoms with Gasteiger partial charge in [0.2, 0.25) is 0 Å². The zero-order valence-corrected chi connectivity index (χ0v) is 12.0. The standard InChI is InChI=1S/C16H12BrNO/c1-11-10-16(12-6-2-4-8-14(12)18-11)19-15-9-5-3-7-13(15)17/h2-10H,1H3. The second kappa shape index (κ2) is 5.02. The fourth-order valence-electron chi connectivity index (χ4n) is 2.00. The maximum Gasteiger partial charge on any atom is 0.141 e. The van der Waals surface area contributed by atoms with Crippen molar-refractivity contribution in [2.75, 3.05) is 0 Å². The molecule has 1 heterocycles. The summed E-state index contributed by atoms with van der Waals surface area (Å²) in [6.45, 7) is 1.97. The van der Waals surface area contributed by atoms with Crippen LogP contribution in [0.25, 0.3) is 10.9 Å². The molecule has 0 saturated heterocycles. The van der Waals surface area contributed by atoms with Crippen molar-refractivity contribution in [2.45, 2.75) is 6.92 Å². The third-order valence-corrected chi connectivity index (χ3v) is 3.52. The highest BCUT2D eigenvalue weighted by atomic mass is 79.9. The second-order valence-electron chi connectivity index (χ2n) is 4.31. The minimum Gasteiger partial charge on any atom is -0.455 e. The summed E-state index contributed by atoms with van der Waals surface area (Å²) < 4.78 is 6.95. The van der Waals surface area contributed by atoms with E-state index in [4.69, 9.17) is 4.74 Å². The molecule has 0 radical (unpaired) electrons. The van der Waals surface area contributed by atoms with E-state index in [2.05, 4.69) is 20.9 Å². The molecular formula is C16H12BrNO. The van der Waals surface area contributed by atoms with Crippen LogP contribution in [0.15, 0.2) is 59.1 Å². The van der Waals surface area contributed by atoms with Gasteiger partial charge in [-0.05, 0) is 47.1 Å². The van der Waals surface area contributed by atoms with E-state index in [-0.39, 0.29) is 0 Å². The van der Waals surface area contributed by atoms with Crippen LogP contribution in [0.2, 0.25) is 0 Å². The van der Waals surface area contributed by atoms with Gasteiger partial charge in [-0.25, -0.2) is 0 Å². The summed E-state index contributed by atoms with van der Waals surface area (Å²) in [5.41, 5.74) is 1.89. The van der Waals surface area contributed by atoms with Gasteiger partial charge in [0.05, 0.1) is 9.99 Å². The molecule has 0 aliphatic heterocycles. The summed E-state index contributed by atoms with van der Waals surface area (Å²) in [4.78, 5) is 4.51. The summed E-state index contributed by atoms with van der Waals surface area (Å²) in [6, 6.07) is 17.8. The fourth-order valence-corrected chi connectivity index (χ4v) is 2.37. The molecule has 0 aliphatic rings. The first-order valence-corrected chi connectivity index (χ1v) is 6.82. The number of hydrogen-bond donors (Lipinski definition) is 0. The molecule has 0 spiro atoms. The molecule has 0 fully saturated rings. The van der Waals surface area contributed by atoms with Gasteiger partial charge in [-0.15, -0.1) is 0 Å². The lowest BCUT2D eigenvalue weighted by Gasteiger charge is -2.11. The minimum atomic E-state index is 0.804. The molecule has 94 valence electrons. The Bertz CT molecular complexity index is 740. The van der Waals surface area contributed by atoms with Crippen LogP contribution in [-0.2, 0) is 0 Å². The zero-order chi connectivity index (χ0) is 13.2. The smallest absolute Gasteiger partial charge is 0.141 e. The highest BCUT2D eigenvalue weighted by Gasteiger charge is 2.07. The van der Waals surface area contributed by atoms with Crippen LogP contribution < -0.4 is 4.74 Å². The minimum absolute atomic E-state index is 0.804. The van der Waals surface area contributed by atoms with Crippen LogP contribution in [0, 0.1) is 6.92 Å². The Hall–Kier alpha value is -1.87. The highest BCUT2D eigenvalue weighted by Crippen LogP contribution is 2.33. The van der Waals surface area contributed by atoms with Gasteiger partial charge in [0, 0.05) is 17.1 Å². The van der Waals surface area contributed by atoms with Crippen molar-refractivity contribution in [3.8, 4) is 11.5 Å². The lowest BCUT2D eigenvalue weighted by Crippen LogP contribution is -1.90. The predicted octanol–water partition coefficient (Wildman–Crippen LogP) is 5.10. The molecule has 0 amide bonds. The van der Waals surface area contributed by atoms with E-state index >= 15 is 0 Å². The van der Waals surface area contributed by atoms with Gasteiger partial charge in [0.1, 0.15) is 11.5 Å². The fraction of sp³-hybridized carbons (Fsp3) is 0.0625. The van der Waals surface area contributed by atoms with Gasteiger partial charge in [-0.1, -0.05) is 24.3 Å². The molecule has 3 aromatic rings. The third-order valence-electron chi connectivity index (χ3n) is 2.86. The Balaban J connectivity index is 2.13. The number of rotatable bonds is 2. The normalized spacial score (nSPS) is 10.6. The summed E-state index contributed by atoms with van der Waals surface area (Å²) in [5, 5.41) is 1.02. The first-order valence-electron chi connectivity index (χ1n) is 6.03. The number of fused-ring (bicyclic) bond motifs is 1. The van der Waals surface area contributed by atoms with Crippen molar-refractivity contribution in [1.82, 2.24) is 4.98 Å². The van der Waals surface area contributed by atoms with Crippen molar-refractivity contribution in [3.05, 3.63) is 64.8 Å². The quantitative estimate of drug-likeness (QED) is 0.656. The van der Waals surface area contributed by atoms with E-state index in [1.54, 1.807) is 0 Å². The van der Waals surface area contributed by atoms with Crippen LogP contribution in [0.5, 0.6) is 11.5 Å². The molecule has 0 saturated carbocycles. The topological polar surface area (TPSA) is 22.1 Å². The van der Waals surface area contributed by atoms with Crippen LogP contribution in [-0.4, -0.2) is 4.98 Å². The first-order chi connectivity index (χ1) is 9.24. The largest absolute Gasteiger partial charge is 0.455 e. The number of aromatic nitrogens is 1. The Morgan fingerprint density at radius 3 is 2.53 bits per heavy atom. The van der Waals surface area contributed by atoms with Gasteiger partial charge < -0.3 is 4.74 Å². The van der Waals surface area contributed by atoms with Gasteiger partial charge >= 0.3 is 0 Å². The molecule has 0 atom stereocenters. The Morgan fingerprint density at radius 1 is 0.947 bits per heavy atom. The Morgan fingerprint density at radius 2 is 1.68 bits per heavy atom. The van der Waals surface area contributed by atoms with Gasteiger partial charge in [0.25, 0.3) is 0 Å². The van der Waals surface area contributed by atoms with Crippen LogP contribution >= 0.6 is 15.9 Å². The monoisotopic (exact) mass is 313 g/mol. The van der Waals surface area contributed by atoms with Crippen LogP contribution in [0.1, 0.15) is 5.69 Å². The average Bonchev–Trinajstić information content (AvgIpc) is 2.41. The number of hydrogen-bond acceptors (Lipinski definition) is 2. The Labute approximate surface area is 120 Å². The summed E-state index contributed by atoms with van der Waals surface area (Å²) in [6.07, 6.45) is 0. The summed E-state index contributed by atoms with van der Waals surface area (Å²) >= 11 is 3.50. The molecule has 3 heteroatoms. The van der Waals surface area contributed by atoms with Gasteiger partial charge in [-0.3, -0.25) is 4.98 Å². The maximum absolute atomic E-state index is 6.02. The average molecular weight is 314 g/mol. The van der Waals surface area contributed by atoms with E-state index in [1.165, 1.54) is 0 Å². The first kappa shape index (κ1) is 12.2. The molecule has 0 aliphatic carbocycles. The lowest BCUT2D eigenvalue weighted by molar-refractivity contribution is 0.484. The van der Waals surface area contributed by atoms with E-state index in [0.717, 1.165) is 32.6 Å².